The van der Waals surface area contributed by atoms with E-state index in [4.69, 9.17) is 9.97 Å². The first kappa shape index (κ1) is 64.8. The summed E-state index contributed by atoms with van der Waals surface area (Å²) in [5, 5.41) is 19.9. The molecule has 0 saturated carbocycles. The van der Waals surface area contributed by atoms with Crippen LogP contribution < -0.4 is 26.2 Å². The second-order valence-corrected chi connectivity index (χ2v) is 31.0. The topological polar surface area (TPSA) is 32.3 Å². The molecule has 4 nitrogen and oxygen atoms in total. The van der Waals surface area contributed by atoms with E-state index in [-0.39, 0.29) is 6.71 Å². The first-order chi connectivity index (χ1) is 57.0. The molecule has 2 aliphatic rings. The molecule has 0 saturated heterocycles. The molecule has 5 heteroatoms. The van der Waals surface area contributed by atoms with Gasteiger partial charge >= 0.3 is 0 Å². The average molecular weight is 1460 g/mol. The Morgan fingerprint density at radius 2 is 0.470 bits per heavy atom. The van der Waals surface area contributed by atoms with Crippen LogP contribution in [0.3, 0.4) is 0 Å². The van der Waals surface area contributed by atoms with Gasteiger partial charge in [0, 0.05) is 61.6 Å². The molecule has 3 heterocycles. The van der Waals surface area contributed by atoms with E-state index in [0.717, 1.165) is 129 Å². The van der Waals surface area contributed by atoms with Gasteiger partial charge in [0.2, 0.25) is 0 Å². The van der Waals surface area contributed by atoms with Gasteiger partial charge in [-0.25, -0.2) is 9.97 Å². The fourth-order valence-corrected chi connectivity index (χ4v) is 19.5. The molecular weight excluding hydrogens is 1390 g/mol. The molecule has 530 valence electrons. The van der Waals surface area contributed by atoms with Crippen molar-refractivity contribution < 1.29 is 0 Å². The highest BCUT2D eigenvalue weighted by Gasteiger charge is 2.46. The van der Waals surface area contributed by atoms with Crippen LogP contribution in [0.5, 0.6) is 0 Å². The van der Waals surface area contributed by atoms with Gasteiger partial charge in [-0.3, -0.25) is 0 Å². The Bertz CT molecular complexity index is 7090. The summed E-state index contributed by atoms with van der Waals surface area (Å²) in [6.07, 6.45) is 0. The Kier molecular flexibility index (Phi) is 14.5. The van der Waals surface area contributed by atoms with Crippen molar-refractivity contribution >= 4 is 143 Å². The number of rotatable bonds is 11. The van der Waals surface area contributed by atoms with Crippen molar-refractivity contribution in [2.45, 2.75) is 0 Å². The van der Waals surface area contributed by atoms with Crippen LogP contribution in [-0.2, 0) is 0 Å². The second-order valence-electron chi connectivity index (χ2n) is 31.0. The summed E-state index contributed by atoms with van der Waals surface area (Å²) in [7, 11) is 0. The van der Waals surface area contributed by atoms with Crippen LogP contribution >= 0.6 is 0 Å². The minimum absolute atomic E-state index is 0.309. The maximum atomic E-state index is 6.08. The van der Waals surface area contributed by atoms with Gasteiger partial charge in [-0.15, -0.1) is 0 Å². The quantitative estimate of drug-likeness (QED) is 0.0734. The first-order valence-corrected chi connectivity index (χ1v) is 39.8. The van der Waals surface area contributed by atoms with Crippen LogP contribution in [0.1, 0.15) is 0 Å². The molecule has 22 aromatic rings. The maximum absolute atomic E-state index is 6.08. The number of hydrogen-bond acceptors (Lipinski definition) is 4. The predicted octanol–water partition coefficient (Wildman–Crippen LogP) is 27.7. The first-order valence-electron chi connectivity index (χ1n) is 39.8. The smallest absolute Gasteiger partial charge is 0.252 e. The average Bonchev–Trinajstić information content (AvgIpc) is 0.672. The fourth-order valence-electron chi connectivity index (χ4n) is 19.5. The Hall–Kier alpha value is -15.0. The summed E-state index contributed by atoms with van der Waals surface area (Å²) in [5.74, 6) is 0.613. The van der Waals surface area contributed by atoms with Gasteiger partial charge in [0.1, 0.15) is 0 Å². The Labute approximate surface area is 665 Å². The third kappa shape index (κ3) is 10.3. The monoisotopic (exact) mass is 1450 g/mol. The number of nitrogens with zero attached hydrogens (tertiary/aromatic N) is 4. The molecule has 0 amide bonds. The summed E-state index contributed by atoms with van der Waals surface area (Å²) >= 11 is 0. The van der Waals surface area contributed by atoms with E-state index >= 15 is 0 Å². The van der Waals surface area contributed by atoms with E-state index in [1.54, 1.807) is 0 Å². The number of aromatic nitrogens is 2. The molecule has 0 fully saturated rings. The lowest BCUT2D eigenvalue weighted by Gasteiger charge is -2.45. The number of fused-ring (bicyclic) bond motifs is 10. The SMILES string of the molecule is c1ccc(-c2ccc(N3c4cc(-c5cc(-c6cc(-c7ccccc7)cc(-c7ccccc7)c6)nc(-c6cc(-c7ccccc7)cc(-c7ccccc7)c6)n5)cc5c4B(c4cc6c7cccc8cccc(c9cccc(c43)c96)c87)c3cc4c6cccc7cccc(c8cccc(c3N5c3ccc(-c5ccccc5)cc3)c84)c76)cc2)cc1. The van der Waals surface area contributed by atoms with Crippen molar-refractivity contribution in [3.8, 4) is 101 Å². The molecular formula is C110H67BN4. The third-order valence-corrected chi connectivity index (χ3v) is 24.6. The van der Waals surface area contributed by atoms with E-state index in [2.05, 4.69) is 416 Å². The lowest BCUT2D eigenvalue weighted by Crippen LogP contribution is -2.61. The summed E-state index contributed by atoms with van der Waals surface area (Å²) < 4.78 is 0. The van der Waals surface area contributed by atoms with Crippen molar-refractivity contribution in [2.75, 3.05) is 9.80 Å². The van der Waals surface area contributed by atoms with Crippen molar-refractivity contribution in [2.24, 2.45) is 0 Å². The summed E-state index contributed by atoms with van der Waals surface area (Å²) in [4.78, 5) is 17.3. The molecule has 0 atom stereocenters. The molecule has 21 aromatic carbocycles. The highest BCUT2D eigenvalue weighted by molar-refractivity contribution is 7.01. The molecule has 0 aliphatic carbocycles. The zero-order valence-corrected chi connectivity index (χ0v) is 62.5. The van der Waals surface area contributed by atoms with Gasteiger partial charge in [-0.2, -0.15) is 0 Å². The molecule has 2 aliphatic heterocycles. The zero-order chi connectivity index (χ0) is 75.3. The summed E-state index contributed by atoms with van der Waals surface area (Å²) in [6.45, 7) is -0.309. The second kappa shape index (κ2) is 25.8. The van der Waals surface area contributed by atoms with Crippen LogP contribution in [0.2, 0.25) is 0 Å². The van der Waals surface area contributed by atoms with Crippen LogP contribution in [0.25, 0.3) is 187 Å². The van der Waals surface area contributed by atoms with E-state index in [0.29, 0.717) is 5.82 Å². The fraction of sp³-hybridized carbons (Fsp3) is 0. The molecule has 1 aromatic heterocycles. The lowest BCUT2D eigenvalue weighted by atomic mass is 9.33. The normalized spacial score (nSPS) is 12.5. The van der Waals surface area contributed by atoms with Gasteiger partial charge in [0.25, 0.3) is 6.71 Å². The zero-order valence-electron chi connectivity index (χ0n) is 62.5. The van der Waals surface area contributed by atoms with Gasteiger partial charge in [-0.05, 0) is 237 Å². The molecule has 0 spiro atoms. The van der Waals surface area contributed by atoms with Crippen LogP contribution in [0.15, 0.2) is 406 Å². The van der Waals surface area contributed by atoms with Gasteiger partial charge in [0.05, 0.1) is 11.4 Å². The lowest BCUT2D eigenvalue weighted by molar-refractivity contribution is 1.18. The maximum Gasteiger partial charge on any atom is 0.252 e. The highest BCUT2D eigenvalue weighted by Crippen LogP contribution is 2.54. The van der Waals surface area contributed by atoms with Gasteiger partial charge in [0.15, 0.2) is 5.82 Å². The van der Waals surface area contributed by atoms with Crippen molar-refractivity contribution in [1.29, 1.82) is 0 Å². The van der Waals surface area contributed by atoms with E-state index < -0.39 is 0 Å². The predicted molar refractivity (Wildman–Crippen MR) is 487 cm³/mol. The molecule has 0 radical (unpaired) electrons. The van der Waals surface area contributed by atoms with Crippen molar-refractivity contribution in [3.63, 3.8) is 0 Å². The van der Waals surface area contributed by atoms with Gasteiger partial charge < -0.3 is 9.80 Å². The van der Waals surface area contributed by atoms with E-state index in [1.807, 2.05) is 0 Å². The molecule has 24 rings (SSSR count). The molecule has 0 N–H and O–H groups in total. The minimum atomic E-state index is -0.309. The van der Waals surface area contributed by atoms with Crippen LogP contribution in [0.4, 0.5) is 34.1 Å². The third-order valence-electron chi connectivity index (χ3n) is 24.6. The Morgan fingerprint density at radius 3 is 0.826 bits per heavy atom. The summed E-state index contributed by atoms with van der Waals surface area (Å²) in [5.41, 5.74) is 28.1. The molecule has 0 unspecified atom stereocenters. The highest BCUT2D eigenvalue weighted by atomic mass is 15.2. The van der Waals surface area contributed by atoms with Crippen molar-refractivity contribution in [1.82, 2.24) is 9.97 Å². The largest absolute Gasteiger partial charge is 0.311 e. The van der Waals surface area contributed by atoms with Crippen LogP contribution in [-0.4, -0.2) is 16.7 Å². The molecule has 115 heavy (non-hydrogen) atoms. The number of anilines is 6. The molecule has 0 bridgehead atoms. The van der Waals surface area contributed by atoms with E-state index in [9.17, 15) is 0 Å². The van der Waals surface area contributed by atoms with E-state index in [1.165, 1.54) is 103 Å². The Balaban J connectivity index is 0.862. The Morgan fingerprint density at radius 1 is 0.191 bits per heavy atom. The minimum Gasteiger partial charge on any atom is -0.311 e. The van der Waals surface area contributed by atoms with Gasteiger partial charge in [-0.1, -0.05) is 328 Å². The number of hydrogen-bond donors (Lipinski definition) is 0. The number of benzene rings is 21. The van der Waals surface area contributed by atoms with Crippen molar-refractivity contribution in [3.05, 3.63) is 406 Å². The van der Waals surface area contributed by atoms with Crippen LogP contribution in [0, 0.1) is 0 Å². The standard InChI is InChI=1S/C110H67BN4/c1-7-25-68(26-8-1)74-49-53-85(54-50-74)114-101-63-83(100-67-99(82-59-78(70-29-11-3-12-30-70)57-79(60-82)71-31-13-4-14-32-71)112-110(113-100)84-61-80(72-33-15-5-16-34-72)58-81(62-84)73-35-17-6-18-36-73)64-102-107(101)111(97-65-95-91-43-21-39-76-37-19-41-87(103(76)91)89-45-23-47-93(105(89)95)108(97)114)98-66-96-92-44-22-40-77-38-20-42-88(104(77)92)90-46-24-48-94(106(90)96)109(98)115(102)86-55-51-75(52-56-86)69-27-9-2-10-28-69/h1-67H. The summed E-state index contributed by atoms with van der Waals surface area (Å²) in [6, 6.07) is 151.